The van der Waals surface area contributed by atoms with Crippen molar-refractivity contribution in [3.63, 3.8) is 0 Å². The van der Waals surface area contributed by atoms with Crippen LogP contribution in [-0.4, -0.2) is 18.3 Å². The van der Waals surface area contributed by atoms with Crippen LogP contribution < -0.4 is 5.32 Å². The van der Waals surface area contributed by atoms with Gasteiger partial charge < -0.3 is 5.32 Å². The third-order valence-corrected chi connectivity index (χ3v) is 7.20. The van der Waals surface area contributed by atoms with Gasteiger partial charge in [-0.15, -0.1) is 0 Å². The Labute approximate surface area is 186 Å². The van der Waals surface area contributed by atoms with Crippen LogP contribution in [0.25, 0.3) is 10.9 Å². The normalized spacial score (nSPS) is 12.6. The fourth-order valence-corrected chi connectivity index (χ4v) is 5.40. The van der Waals surface area contributed by atoms with E-state index in [1.807, 2.05) is 12.1 Å². The van der Waals surface area contributed by atoms with E-state index in [4.69, 9.17) is 0 Å². The van der Waals surface area contributed by atoms with Gasteiger partial charge in [-0.25, -0.2) is 16.8 Å². The van der Waals surface area contributed by atoms with Crippen LogP contribution in [0, 0.1) is 3.57 Å². The third-order valence-electron chi connectivity index (χ3n) is 4.65. The number of benzene rings is 3. The molecule has 0 bridgehead atoms. The van der Waals surface area contributed by atoms with Gasteiger partial charge in [-0.2, -0.15) is 0 Å². The molecule has 0 fully saturated rings. The molecule has 4 rings (SSSR count). The predicted molar refractivity (Wildman–Crippen MR) is 121 cm³/mol. The number of amides is 1. The highest BCUT2D eigenvalue weighted by molar-refractivity contribution is 14.1. The number of carbonyl (C=O) groups is 1. The quantitative estimate of drug-likeness (QED) is 0.293. The highest BCUT2D eigenvalue weighted by Gasteiger charge is 2.21. The summed E-state index contributed by atoms with van der Waals surface area (Å²) in [5.74, 6) is -0.628. The van der Waals surface area contributed by atoms with Crippen LogP contribution in [0.1, 0.15) is 22.2 Å². The minimum absolute atomic E-state index is 0.0380. The molecule has 0 saturated heterocycles. The number of para-hydroxylation sites is 1. The van der Waals surface area contributed by atoms with Gasteiger partial charge in [0.2, 0.25) is 0 Å². The van der Waals surface area contributed by atoms with Crippen LogP contribution in [0.3, 0.4) is 0 Å². The summed E-state index contributed by atoms with van der Waals surface area (Å²) in [5, 5.41) is 3.11. The number of fused-ring (bicyclic) bond motifs is 1. The van der Waals surface area contributed by atoms with Crippen molar-refractivity contribution in [2.45, 2.75) is 11.2 Å². The lowest BCUT2D eigenvalue weighted by Crippen LogP contribution is -2.25. The Kier molecular flexibility index (Phi) is 5.61. The molecule has 0 radical (unpaired) electrons. The van der Waals surface area contributed by atoms with Crippen molar-refractivity contribution < 1.29 is 17.6 Å². The zero-order valence-electron chi connectivity index (χ0n) is 15.5. The van der Waals surface area contributed by atoms with Gasteiger partial charge in [0, 0.05) is 26.3 Å². The summed E-state index contributed by atoms with van der Waals surface area (Å²) in [6, 6.07) is 20.9. The first-order chi connectivity index (χ1) is 14.4. The Morgan fingerprint density at radius 1 is 0.933 bits per heavy atom. The third kappa shape index (κ3) is 3.84. The van der Waals surface area contributed by atoms with Crippen LogP contribution in [0.5, 0.6) is 0 Å². The molecule has 152 valence electrons. The van der Waals surface area contributed by atoms with Crippen LogP contribution in [0.4, 0.5) is 4.39 Å². The van der Waals surface area contributed by atoms with E-state index in [1.165, 1.54) is 28.2 Å². The molecule has 0 spiro atoms. The Balaban J connectivity index is 1.59. The van der Waals surface area contributed by atoms with Crippen LogP contribution >= 0.6 is 22.6 Å². The molecule has 1 heterocycles. The number of nitrogens with one attached hydrogen (secondary N) is 1. The molecule has 3 aromatic carbocycles. The first-order valence-corrected chi connectivity index (χ1v) is 11.5. The van der Waals surface area contributed by atoms with Crippen molar-refractivity contribution in [2.75, 3.05) is 0 Å². The second-order valence-corrected chi connectivity index (χ2v) is 9.54. The predicted octanol–water partition coefficient (Wildman–Crippen LogP) is 4.88. The Bertz CT molecular complexity index is 1320. The topological polar surface area (TPSA) is 68.2 Å². The van der Waals surface area contributed by atoms with Crippen LogP contribution in [-0.2, 0) is 10.0 Å². The molecule has 5 nitrogen and oxygen atoms in total. The minimum atomic E-state index is -3.85. The fourth-order valence-electron chi connectivity index (χ4n) is 3.10. The lowest BCUT2D eigenvalue weighted by atomic mass is 10.2. The maximum atomic E-state index is 14.3. The van der Waals surface area contributed by atoms with E-state index in [2.05, 4.69) is 27.9 Å². The second-order valence-electron chi connectivity index (χ2n) is 6.57. The highest BCUT2D eigenvalue weighted by atomic mass is 127. The van der Waals surface area contributed by atoms with Gasteiger partial charge in [0.15, 0.2) is 6.30 Å². The van der Waals surface area contributed by atoms with Crippen molar-refractivity contribution >= 4 is 49.4 Å². The molecule has 0 aliphatic heterocycles. The summed E-state index contributed by atoms with van der Waals surface area (Å²) in [6.45, 7) is 0. The SMILES string of the molecule is O=C(NC(F)c1ccccc1)c1ccc(S(=O)(=O)n2cc(I)c3ccccc32)cc1. The fraction of sp³-hybridized carbons (Fsp3) is 0.0455. The lowest BCUT2D eigenvalue weighted by Gasteiger charge is -2.12. The molecule has 1 unspecified atom stereocenters. The largest absolute Gasteiger partial charge is 0.319 e. The molecule has 0 saturated carbocycles. The van der Waals surface area contributed by atoms with Gasteiger partial charge >= 0.3 is 0 Å². The summed E-state index contributed by atoms with van der Waals surface area (Å²) < 4.78 is 42.5. The van der Waals surface area contributed by atoms with Crippen LogP contribution in [0.2, 0.25) is 0 Å². The maximum absolute atomic E-state index is 14.3. The van der Waals surface area contributed by atoms with Crippen molar-refractivity contribution in [1.29, 1.82) is 0 Å². The van der Waals surface area contributed by atoms with Gasteiger partial charge in [-0.1, -0.05) is 48.5 Å². The number of hydrogen-bond donors (Lipinski definition) is 1. The standard InChI is InChI=1S/C22H16FIN2O3S/c23-21(15-6-2-1-3-7-15)25-22(27)16-10-12-17(13-11-16)30(28,29)26-14-19(24)18-8-4-5-9-20(18)26/h1-14,21H,(H,25,27). The van der Waals surface area contributed by atoms with Gasteiger partial charge in [0.05, 0.1) is 10.4 Å². The smallest absolute Gasteiger partial charge is 0.268 e. The molecule has 0 aliphatic rings. The number of aromatic nitrogens is 1. The Morgan fingerprint density at radius 3 is 2.27 bits per heavy atom. The Hall–Kier alpha value is -2.72. The summed E-state index contributed by atoms with van der Waals surface area (Å²) in [7, 11) is -3.85. The minimum Gasteiger partial charge on any atom is -0.319 e. The first kappa shape index (κ1) is 20.5. The van der Waals surface area contributed by atoms with Gasteiger partial charge in [0.25, 0.3) is 15.9 Å². The average molecular weight is 534 g/mol. The highest BCUT2D eigenvalue weighted by Crippen LogP contribution is 2.27. The van der Waals surface area contributed by atoms with E-state index < -0.39 is 22.2 Å². The monoisotopic (exact) mass is 534 g/mol. The maximum Gasteiger partial charge on any atom is 0.268 e. The van der Waals surface area contributed by atoms with Crippen molar-refractivity contribution in [3.05, 3.63) is 99.8 Å². The van der Waals surface area contributed by atoms with E-state index in [-0.39, 0.29) is 10.5 Å². The molecule has 1 amide bonds. The van der Waals surface area contributed by atoms with E-state index in [9.17, 15) is 17.6 Å². The summed E-state index contributed by atoms with van der Waals surface area (Å²) in [6.07, 6.45) is -0.0928. The number of halogens is 2. The summed E-state index contributed by atoms with van der Waals surface area (Å²) in [5.41, 5.74) is 1.07. The van der Waals surface area contributed by atoms with E-state index in [1.54, 1.807) is 48.7 Å². The van der Waals surface area contributed by atoms with E-state index in [0.29, 0.717) is 11.1 Å². The number of nitrogens with zero attached hydrogens (tertiary/aromatic N) is 1. The van der Waals surface area contributed by atoms with Gasteiger partial charge in [0.1, 0.15) is 0 Å². The molecule has 1 aromatic heterocycles. The van der Waals surface area contributed by atoms with E-state index >= 15 is 0 Å². The molecule has 8 heteroatoms. The second kappa shape index (κ2) is 8.19. The molecule has 1 atom stereocenters. The van der Waals surface area contributed by atoms with Crippen LogP contribution in [0.15, 0.2) is 90.0 Å². The number of rotatable bonds is 5. The molecule has 4 aromatic rings. The van der Waals surface area contributed by atoms with Crippen molar-refractivity contribution in [1.82, 2.24) is 9.29 Å². The molecular weight excluding hydrogens is 518 g/mol. The molecule has 1 N–H and O–H groups in total. The zero-order valence-corrected chi connectivity index (χ0v) is 18.5. The first-order valence-electron chi connectivity index (χ1n) is 8.99. The molecular formula is C22H16FIN2O3S. The Morgan fingerprint density at radius 2 is 1.57 bits per heavy atom. The van der Waals surface area contributed by atoms with E-state index in [0.717, 1.165) is 8.96 Å². The molecule has 30 heavy (non-hydrogen) atoms. The van der Waals surface area contributed by atoms with Crippen molar-refractivity contribution in [2.24, 2.45) is 0 Å². The zero-order chi connectivity index (χ0) is 21.3. The molecule has 0 aliphatic carbocycles. The van der Waals surface area contributed by atoms with Crippen molar-refractivity contribution in [3.8, 4) is 0 Å². The van der Waals surface area contributed by atoms with Gasteiger partial charge in [-0.3, -0.25) is 4.79 Å². The number of hydrogen-bond acceptors (Lipinski definition) is 3. The summed E-state index contributed by atoms with van der Waals surface area (Å²) >= 11 is 2.09. The van der Waals surface area contributed by atoms with Gasteiger partial charge in [-0.05, 0) is 52.9 Å². The number of carbonyl (C=O) groups excluding carboxylic acids is 1. The number of alkyl halides is 1. The lowest BCUT2D eigenvalue weighted by molar-refractivity contribution is 0.0894. The summed E-state index contributed by atoms with van der Waals surface area (Å²) in [4.78, 5) is 12.4. The average Bonchev–Trinajstić information content (AvgIpc) is 3.12.